The van der Waals surface area contributed by atoms with Crippen molar-refractivity contribution in [1.29, 1.82) is 0 Å². The zero-order valence-corrected chi connectivity index (χ0v) is 17.4. The van der Waals surface area contributed by atoms with Gasteiger partial charge in [0.1, 0.15) is 0 Å². The lowest BCUT2D eigenvalue weighted by Gasteiger charge is -2.21. The maximum Gasteiger partial charge on any atom is 0.435 e. The van der Waals surface area contributed by atoms with E-state index in [2.05, 4.69) is 15.3 Å². The minimum atomic E-state index is -4.63. The predicted octanol–water partition coefficient (Wildman–Crippen LogP) is 5.44. The smallest absolute Gasteiger partial charge is 0.399 e. The summed E-state index contributed by atoms with van der Waals surface area (Å²) in [5, 5.41) is 12.9. The Morgan fingerprint density at radius 1 is 1.03 bits per heavy atom. The van der Waals surface area contributed by atoms with Crippen LogP contribution in [0, 0.1) is 0 Å². The molecule has 166 valence electrons. The second kappa shape index (κ2) is 7.06. The van der Waals surface area contributed by atoms with Gasteiger partial charge in [0.15, 0.2) is 5.69 Å². The number of nitrogens with two attached hydrogens (primary N) is 1. The Labute approximate surface area is 186 Å². The van der Waals surface area contributed by atoms with Crippen molar-refractivity contribution in [3.63, 3.8) is 0 Å². The zero-order valence-electron chi connectivity index (χ0n) is 17.4. The molecule has 3 N–H and O–H groups in total. The lowest BCUT2D eigenvalue weighted by atomic mass is 9.85. The van der Waals surface area contributed by atoms with Gasteiger partial charge in [-0.05, 0) is 67.1 Å². The summed E-state index contributed by atoms with van der Waals surface area (Å²) in [6.45, 7) is 0. The van der Waals surface area contributed by atoms with Crippen molar-refractivity contribution in [2.24, 2.45) is 0 Å². The van der Waals surface area contributed by atoms with Crippen molar-refractivity contribution >= 4 is 27.5 Å². The van der Waals surface area contributed by atoms with Crippen LogP contribution in [0.1, 0.15) is 29.7 Å². The molecular weight excluding hydrogens is 429 g/mol. The fraction of sp³-hybridized carbons (Fsp3) is 0.208. The second-order valence-electron chi connectivity index (χ2n) is 8.34. The Hall–Kier alpha value is -3.88. The Balaban J connectivity index is 1.66. The van der Waals surface area contributed by atoms with Gasteiger partial charge < -0.3 is 5.73 Å². The van der Waals surface area contributed by atoms with Crippen LogP contribution < -0.4 is 5.73 Å². The number of nitrogens with one attached hydrogen (secondary N) is 1. The first-order valence-electron chi connectivity index (χ1n) is 10.7. The normalized spacial score (nSPS) is 14.2. The number of anilines is 1. The number of aryl methyl sites for hydroxylation is 1. The summed E-state index contributed by atoms with van der Waals surface area (Å²) >= 11 is 0. The Morgan fingerprint density at radius 2 is 1.85 bits per heavy atom. The fourth-order valence-corrected chi connectivity index (χ4v) is 4.83. The zero-order chi connectivity index (χ0) is 22.7. The number of fused-ring (bicyclic) bond motifs is 5. The third-order valence-electron chi connectivity index (χ3n) is 6.26. The number of nitrogens with zero attached hydrogens (tertiary/aromatic N) is 4. The van der Waals surface area contributed by atoms with Gasteiger partial charge in [-0.3, -0.25) is 5.10 Å². The molecule has 1 aliphatic carbocycles. The lowest BCUT2D eigenvalue weighted by Crippen LogP contribution is -2.11. The van der Waals surface area contributed by atoms with E-state index >= 15 is 0 Å². The molecule has 0 saturated carbocycles. The summed E-state index contributed by atoms with van der Waals surface area (Å²) in [6.07, 6.45) is 1.88. The van der Waals surface area contributed by atoms with Crippen LogP contribution in [0.4, 0.5) is 18.9 Å². The highest BCUT2D eigenvalue weighted by molar-refractivity contribution is 6.07. The standard InChI is InChI=1S/C24H19F3N6/c25-24(26,27)23-18(12-33(32-23)14-5-3-4-13(28)10-14)22-16-7-2-1-6-15(16)21-17-11-29-31-19(17)8-9-20(21)30-22/h3-5,8-12H,1-2,6-7,28H2,(H,29,31). The minimum Gasteiger partial charge on any atom is -0.399 e. The number of hydrogen-bond donors (Lipinski definition) is 2. The van der Waals surface area contributed by atoms with Gasteiger partial charge in [0.05, 0.1) is 34.2 Å². The molecule has 2 aromatic carbocycles. The number of H-pyrrole nitrogens is 1. The van der Waals surface area contributed by atoms with E-state index in [1.54, 1.807) is 30.5 Å². The van der Waals surface area contributed by atoms with Crippen molar-refractivity contribution in [1.82, 2.24) is 25.0 Å². The molecule has 9 heteroatoms. The molecule has 0 saturated heterocycles. The molecule has 6 nitrogen and oxygen atoms in total. The molecule has 0 fully saturated rings. The number of hydrogen-bond acceptors (Lipinski definition) is 4. The van der Waals surface area contributed by atoms with Crippen LogP contribution in [-0.2, 0) is 19.0 Å². The van der Waals surface area contributed by atoms with E-state index in [0.717, 1.165) is 46.7 Å². The molecule has 0 bridgehead atoms. The summed E-state index contributed by atoms with van der Waals surface area (Å²) in [5.41, 5.74) is 9.59. The summed E-state index contributed by atoms with van der Waals surface area (Å²) in [7, 11) is 0. The average molecular weight is 448 g/mol. The van der Waals surface area contributed by atoms with Gasteiger partial charge >= 0.3 is 6.18 Å². The number of rotatable bonds is 2. The Morgan fingerprint density at radius 3 is 2.64 bits per heavy atom. The van der Waals surface area contributed by atoms with Crippen LogP contribution >= 0.6 is 0 Å². The molecule has 0 atom stereocenters. The van der Waals surface area contributed by atoms with Gasteiger partial charge in [0.2, 0.25) is 0 Å². The highest BCUT2D eigenvalue weighted by Gasteiger charge is 2.39. The summed E-state index contributed by atoms with van der Waals surface area (Å²) in [6, 6.07) is 10.3. The highest BCUT2D eigenvalue weighted by Crippen LogP contribution is 2.42. The molecule has 0 spiro atoms. The van der Waals surface area contributed by atoms with E-state index in [9.17, 15) is 13.2 Å². The maximum absolute atomic E-state index is 14.1. The number of benzene rings is 2. The molecule has 0 radical (unpaired) electrons. The van der Waals surface area contributed by atoms with Crippen molar-refractivity contribution in [3.05, 3.63) is 65.6 Å². The largest absolute Gasteiger partial charge is 0.435 e. The number of pyridine rings is 1. The molecule has 1 aliphatic rings. The van der Waals surface area contributed by atoms with Crippen molar-refractivity contribution in [3.8, 4) is 16.9 Å². The molecule has 3 heterocycles. The highest BCUT2D eigenvalue weighted by atomic mass is 19.4. The van der Waals surface area contributed by atoms with Crippen molar-refractivity contribution in [2.75, 3.05) is 5.73 Å². The molecule has 5 aromatic rings. The van der Waals surface area contributed by atoms with Crippen LogP contribution in [0.5, 0.6) is 0 Å². The van der Waals surface area contributed by atoms with Gasteiger partial charge in [0.25, 0.3) is 0 Å². The Kier molecular flexibility index (Phi) is 4.23. The third-order valence-corrected chi connectivity index (χ3v) is 6.26. The van der Waals surface area contributed by atoms with Gasteiger partial charge in [-0.15, -0.1) is 0 Å². The molecule has 6 rings (SSSR count). The molecule has 3 aromatic heterocycles. The summed E-state index contributed by atoms with van der Waals surface area (Å²) < 4.78 is 43.6. The lowest BCUT2D eigenvalue weighted by molar-refractivity contribution is -0.140. The van der Waals surface area contributed by atoms with E-state index in [1.807, 2.05) is 12.1 Å². The first-order valence-corrected chi connectivity index (χ1v) is 10.7. The summed E-state index contributed by atoms with van der Waals surface area (Å²) in [5.74, 6) is 0. The molecular formula is C24H19F3N6. The number of aromatic amines is 1. The average Bonchev–Trinajstić information content (AvgIpc) is 3.45. The summed E-state index contributed by atoms with van der Waals surface area (Å²) in [4.78, 5) is 4.77. The van der Waals surface area contributed by atoms with Crippen molar-refractivity contribution < 1.29 is 13.2 Å². The molecule has 0 amide bonds. The van der Waals surface area contributed by atoms with Gasteiger partial charge in [0, 0.05) is 22.7 Å². The van der Waals surface area contributed by atoms with E-state index in [1.165, 1.54) is 10.9 Å². The van der Waals surface area contributed by atoms with E-state index in [0.29, 0.717) is 29.0 Å². The molecule has 33 heavy (non-hydrogen) atoms. The number of alkyl halides is 3. The minimum absolute atomic E-state index is 0.0164. The number of aromatic nitrogens is 5. The quantitative estimate of drug-likeness (QED) is 0.352. The van der Waals surface area contributed by atoms with E-state index < -0.39 is 11.9 Å². The predicted molar refractivity (Wildman–Crippen MR) is 120 cm³/mol. The molecule has 0 aliphatic heterocycles. The third kappa shape index (κ3) is 3.14. The Bertz CT molecular complexity index is 1530. The van der Waals surface area contributed by atoms with Crippen molar-refractivity contribution in [2.45, 2.75) is 31.9 Å². The van der Waals surface area contributed by atoms with E-state index in [-0.39, 0.29) is 5.56 Å². The van der Waals surface area contributed by atoms with Gasteiger partial charge in [-0.25, -0.2) is 9.67 Å². The van der Waals surface area contributed by atoms with Crippen LogP contribution in [0.3, 0.4) is 0 Å². The van der Waals surface area contributed by atoms with Gasteiger partial charge in [-0.2, -0.15) is 23.4 Å². The molecule has 0 unspecified atom stereocenters. The van der Waals surface area contributed by atoms with Crippen LogP contribution in [0.25, 0.3) is 38.8 Å². The topological polar surface area (TPSA) is 85.4 Å². The first-order chi connectivity index (χ1) is 15.9. The maximum atomic E-state index is 14.1. The number of nitrogen functional groups attached to an aromatic ring is 1. The number of halogens is 3. The first kappa shape index (κ1) is 19.8. The van der Waals surface area contributed by atoms with Crippen LogP contribution in [0.2, 0.25) is 0 Å². The van der Waals surface area contributed by atoms with Gasteiger partial charge in [-0.1, -0.05) is 6.07 Å². The second-order valence-corrected chi connectivity index (χ2v) is 8.34. The monoisotopic (exact) mass is 448 g/mol. The SMILES string of the molecule is Nc1cccc(-n2cc(-c3nc4ccc5[nH]ncc5c4c4c3CCCC4)c(C(F)(F)F)n2)c1. The fourth-order valence-electron chi connectivity index (χ4n) is 4.83. The van der Waals surface area contributed by atoms with Crippen LogP contribution in [-0.4, -0.2) is 25.0 Å². The van der Waals surface area contributed by atoms with E-state index in [4.69, 9.17) is 10.7 Å². The van der Waals surface area contributed by atoms with Crippen LogP contribution in [0.15, 0.2) is 48.8 Å².